The third kappa shape index (κ3) is 4.03. The van der Waals surface area contributed by atoms with Gasteiger partial charge in [0, 0.05) is 36.3 Å². The molecule has 4 aromatic rings. The lowest BCUT2D eigenvalue weighted by Gasteiger charge is -2.04. The van der Waals surface area contributed by atoms with E-state index in [0.717, 1.165) is 24.9 Å². The fourth-order valence-electron chi connectivity index (χ4n) is 2.87. The summed E-state index contributed by atoms with van der Waals surface area (Å²) in [4.78, 5) is 5.91. The first-order valence-corrected chi connectivity index (χ1v) is 9.25. The summed E-state index contributed by atoms with van der Waals surface area (Å²) in [6.07, 6.45) is 8.75. The minimum atomic E-state index is 0.915. The first-order valence-electron chi connectivity index (χ1n) is 8.43. The van der Waals surface area contributed by atoms with E-state index < -0.39 is 0 Å². The Morgan fingerprint density at radius 3 is 2.60 bits per heavy atom. The Kier molecular flexibility index (Phi) is 4.70. The monoisotopic (exact) mass is 345 g/mol. The molecule has 2 heterocycles. The van der Waals surface area contributed by atoms with Gasteiger partial charge in [-0.1, -0.05) is 42.5 Å². The van der Waals surface area contributed by atoms with Crippen LogP contribution >= 0.6 is 11.3 Å². The third-order valence-corrected chi connectivity index (χ3v) is 5.19. The van der Waals surface area contributed by atoms with E-state index in [1.165, 1.54) is 21.0 Å². The van der Waals surface area contributed by atoms with Crippen LogP contribution in [0.2, 0.25) is 0 Å². The SMILES string of the molecule is c1ccc(CCc2ncc(Cc3cccc(-n4cccn4)c3)s2)cc1. The van der Waals surface area contributed by atoms with Crippen LogP contribution in [0.4, 0.5) is 0 Å². The fraction of sp³-hybridized carbons (Fsp3) is 0.143. The quantitative estimate of drug-likeness (QED) is 0.507. The Hall–Kier alpha value is -2.72. The molecule has 0 unspecified atom stereocenters. The lowest BCUT2D eigenvalue weighted by Crippen LogP contribution is -1.95. The van der Waals surface area contributed by atoms with Gasteiger partial charge in [-0.25, -0.2) is 9.67 Å². The van der Waals surface area contributed by atoms with Crippen LogP contribution in [0.1, 0.15) is 21.0 Å². The second-order valence-corrected chi connectivity index (χ2v) is 7.20. The summed E-state index contributed by atoms with van der Waals surface area (Å²) >= 11 is 1.82. The Bertz CT molecular complexity index is 927. The summed E-state index contributed by atoms with van der Waals surface area (Å²) in [7, 11) is 0. The number of nitrogens with zero attached hydrogens (tertiary/aromatic N) is 3. The van der Waals surface area contributed by atoms with Gasteiger partial charge in [-0.05, 0) is 35.7 Å². The zero-order valence-corrected chi connectivity index (χ0v) is 14.7. The predicted molar refractivity (Wildman–Crippen MR) is 102 cm³/mol. The third-order valence-electron chi connectivity index (χ3n) is 4.13. The molecule has 0 saturated heterocycles. The van der Waals surface area contributed by atoms with Gasteiger partial charge in [-0.2, -0.15) is 5.10 Å². The van der Waals surface area contributed by atoms with E-state index in [-0.39, 0.29) is 0 Å². The van der Waals surface area contributed by atoms with Gasteiger partial charge in [-0.3, -0.25) is 0 Å². The first kappa shape index (κ1) is 15.8. The first-order chi connectivity index (χ1) is 12.4. The van der Waals surface area contributed by atoms with E-state index in [1.807, 2.05) is 34.5 Å². The van der Waals surface area contributed by atoms with Gasteiger partial charge in [0.25, 0.3) is 0 Å². The van der Waals surface area contributed by atoms with Crippen molar-refractivity contribution in [3.8, 4) is 5.69 Å². The van der Waals surface area contributed by atoms with Crippen LogP contribution < -0.4 is 0 Å². The molecule has 0 aliphatic rings. The average molecular weight is 345 g/mol. The average Bonchev–Trinajstić information content (AvgIpc) is 3.33. The number of aromatic nitrogens is 3. The van der Waals surface area contributed by atoms with Gasteiger partial charge >= 0.3 is 0 Å². The smallest absolute Gasteiger partial charge is 0.0931 e. The summed E-state index contributed by atoms with van der Waals surface area (Å²) in [6.45, 7) is 0. The van der Waals surface area contributed by atoms with Crippen molar-refractivity contribution < 1.29 is 0 Å². The Morgan fingerprint density at radius 1 is 0.880 bits per heavy atom. The molecule has 25 heavy (non-hydrogen) atoms. The zero-order chi connectivity index (χ0) is 16.9. The van der Waals surface area contributed by atoms with Crippen molar-refractivity contribution in [1.29, 1.82) is 0 Å². The second-order valence-electron chi connectivity index (χ2n) is 6.00. The van der Waals surface area contributed by atoms with Gasteiger partial charge < -0.3 is 0 Å². The van der Waals surface area contributed by atoms with E-state index >= 15 is 0 Å². The van der Waals surface area contributed by atoms with Crippen molar-refractivity contribution in [1.82, 2.24) is 14.8 Å². The van der Waals surface area contributed by atoms with E-state index in [2.05, 4.69) is 64.7 Å². The molecule has 0 spiro atoms. The Labute approximate surface area is 151 Å². The molecule has 4 rings (SSSR count). The molecule has 2 aromatic heterocycles. The zero-order valence-electron chi connectivity index (χ0n) is 13.9. The number of hydrogen-bond acceptors (Lipinski definition) is 3. The molecule has 0 atom stereocenters. The van der Waals surface area contributed by atoms with Crippen LogP contribution in [0.3, 0.4) is 0 Å². The lowest BCUT2D eigenvalue weighted by atomic mass is 10.1. The van der Waals surface area contributed by atoms with E-state index in [4.69, 9.17) is 0 Å². The van der Waals surface area contributed by atoms with E-state index in [9.17, 15) is 0 Å². The molecule has 0 N–H and O–H groups in total. The fourth-order valence-corrected chi connectivity index (χ4v) is 3.83. The molecule has 0 radical (unpaired) electrons. The summed E-state index contributed by atoms with van der Waals surface area (Å²) in [5.74, 6) is 0. The van der Waals surface area contributed by atoms with Crippen molar-refractivity contribution >= 4 is 11.3 Å². The van der Waals surface area contributed by atoms with Gasteiger partial charge in [0.2, 0.25) is 0 Å². The molecule has 2 aromatic carbocycles. The summed E-state index contributed by atoms with van der Waals surface area (Å²) in [5, 5.41) is 5.51. The number of hydrogen-bond donors (Lipinski definition) is 0. The minimum Gasteiger partial charge on any atom is -0.249 e. The predicted octanol–water partition coefficient (Wildman–Crippen LogP) is 4.70. The molecule has 0 saturated carbocycles. The highest BCUT2D eigenvalue weighted by Gasteiger charge is 2.05. The van der Waals surface area contributed by atoms with Gasteiger partial charge in [0.1, 0.15) is 0 Å². The highest BCUT2D eigenvalue weighted by atomic mass is 32.1. The Balaban J connectivity index is 1.42. The van der Waals surface area contributed by atoms with E-state index in [1.54, 1.807) is 6.20 Å². The van der Waals surface area contributed by atoms with Crippen molar-refractivity contribution in [2.75, 3.05) is 0 Å². The topological polar surface area (TPSA) is 30.7 Å². The molecule has 124 valence electrons. The maximum atomic E-state index is 4.60. The standard InChI is InChI=1S/C21H19N3S/c1-2-6-17(7-3-1)10-11-21-22-16-20(25-21)15-18-8-4-9-19(14-18)24-13-5-12-23-24/h1-9,12-14,16H,10-11,15H2. The molecule has 0 aliphatic carbocycles. The molecular weight excluding hydrogens is 326 g/mol. The van der Waals surface area contributed by atoms with Gasteiger partial charge in [-0.15, -0.1) is 11.3 Å². The summed E-state index contributed by atoms with van der Waals surface area (Å²) in [6, 6.07) is 21.1. The van der Waals surface area contributed by atoms with Crippen molar-refractivity contribution in [3.05, 3.63) is 100 Å². The summed E-state index contributed by atoms with van der Waals surface area (Å²) < 4.78 is 1.89. The van der Waals surface area contributed by atoms with Crippen LogP contribution in [0, 0.1) is 0 Å². The molecule has 0 fully saturated rings. The van der Waals surface area contributed by atoms with Gasteiger partial charge in [0.15, 0.2) is 0 Å². The lowest BCUT2D eigenvalue weighted by molar-refractivity contribution is 0.878. The molecular formula is C21H19N3S. The normalized spacial score (nSPS) is 10.9. The molecule has 0 bridgehead atoms. The largest absolute Gasteiger partial charge is 0.249 e. The van der Waals surface area contributed by atoms with Crippen molar-refractivity contribution in [2.45, 2.75) is 19.3 Å². The number of thiazole rings is 1. The van der Waals surface area contributed by atoms with Crippen LogP contribution in [0.5, 0.6) is 0 Å². The minimum absolute atomic E-state index is 0.915. The maximum absolute atomic E-state index is 4.60. The second kappa shape index (κ2) is 7.45. The molecule has 3 nitrogen and oxygen atoms in total. The van der Waals surface area contributed by atoms with Crippen LogP contribution in [-0.2, 0) is 19.3 Å². The van der Waals surface area contributed by atoms with Crippen LogP contribution in [0.25, 0.3) is 5.69 Å². The Morgan fingerprint density at radius 2 is 1.76 bits per heavy atom. The molecule has 4 heteroatoms. The number of benzene rings is 2. The van der Waals surface area contributed by atoms with Crippen molar-refractivity contribution in [2.24, 2.45) is 0 Å². The number of rotatable bonds is 6. The van der Waals surface area contributed by atoms with E-state index in [0.29, 0.717) is 0 Å². The summed E-state index contributed by atoms with van der Waals surface area (Å²) in [5.41, 5.74) is 3.74. The van der Waals surface area contributed by atoms with Crippen LogP contribution in [0.15, 0.2) is 79.3 Å². The van der Waals surface area contributed by atoms with Crippen LogP contribution in [-0.4, -0.2) is 14.8 Å². The molecule has 0 amide bonds. The van der Waals surface area contributed by atoms with Crippen molar-refractivity contribution in [3.63, 3.8) is 0 Å². The van der Waals surface area contributed by atoms with Gasteiger partial charge in [0.05, 0.1) is 10.7 Å². The number of aryl methyl sites for hydroxylation is 2. The highest BCUT2D eigenvalue weighted by molar-refractivity contribution is 7.11. The molecule has 0 aliphatic heterocycles. The highest BCUT2D eigenvalue weighted by Crippen LogP contribution is 2.20. The maximum Gasteiger partial charge on any atom is 0.0931 e.